The first kappa shape index (κ1) is 15.6. The first-order valence-electron chi connectivity index (χ1n) is 7.80. The average molecular weight is 313 g/mol. The van der Waals surface area contributed by atoms with Crippen molar-refractivity contribution < 1.29 is 19.0 Å². The SMILES string of the molecule is Cc1ccc(OC2=COC3CC(OCC#N)CCC3C2=O)cc1. The zero-order chi connectivity index (χ0) is 16.2. The van der Waals surface area contributed by atoms with Crippen LogP contribution in [0.4, 0.5) is 0 Å². The normalized spacial score (nSPS) is 26.5. The predicted molar refractivity (Wildman–Crippen MR) is 82.5 cm³/mol. The molecule has 5 nitrogen and oxygen atoms in total. The summed E-state index contributed by atoms with van der Waals surface area (Å²) < 4.78 is 16.8. The fourth-order valence-corrected chi connectivity index (χ4v) is 3.05. The second kappa shape index (κ2) is 6.84. The van der Waals surface area contributed by atoms with Crippen molar-refractivity contribution in [2.45, 2.75) is 38.4 Å². The molecule has 0 amide bonds. The van der Waals surface area contributed by atoms with E-state index in [0.717, 1.165) is 12.0 Å². The number of hydrogen-bond acceptors (Lipinski definition) is 5. The number of rotatable bonds is 4. The molecule has 1 aliphatic carbocycles. The van der Waals surface area contributed by atoms with Crippen LogP contribution < -0.4 is 4.74 Å². The second-order valence-corrected chi connectivity index (χ2v) is 5.95. The smallest absolute Gasteiger partial charge is 0.207 e. The quantitative estimate of drug-likeness (QED) is 0.855. The Morgan fingerprint density at radius 1 is 1.30 bits per heavy atom. The molecule has 5 heteroatoms. The maximum atomic E-state index is 12.6. The fourth-order valence-electron chi connectivity index (χ4n) is 3.05. The van der Waals surface area contributed by atoms with Gasteiger partial charge in [0, 0.05) is 6.42 Å². The van der Waals surface area contributed by atoms with Crippen molar-refractivity contribution in [1.29, 1.82) is 5.26 Å². The number of carbonyl (C=O) groups excluding carboxylic acids is 1. The third-order valence-electron chi connectivity index (χ3n) is 4.31. The van der Waals surface area contributed by atoms with Gasteiger partial charge in [-0.15, -0.1) is 0 Å². The lowest BCUT2D eigenvalue weighted by atomic mass is 9.80. The standard InChI is InChI=1S/C18H19NO4/c1-12-2-4-13(5-3-12)23-17-11-22-16-10-14(21-9-8-19)6-7-15(16)18(17)20/h2-5,11,14-16H,6-7,9-10H2,1H3. The van der Waals surface area contributed by atoms with Crippen LogP contribution in [0.1, 0.15) is 24.8 Å². The van der Waals surface area contributed by atoms with Crippen LogP contribution in [-0.4, -0.2) is 24.6 Å². The van der Waals surface area contributed by atoms with E-state index in [0.29, 0.717) is 18.6 Å². The molecule has 0 radical (unpaired) electrons. The van der Waals surface area contributed by atoms with Gasteiger partial charge in [-0.3, -0.25) is 4.79 Å². The Balaban J connectivity index is 1.65. The lowest BCUT2D eigenvalue weighted by Crippen LogP contribution is -2.42. The molecule has 1 aromatic carbocycles. The predicted octanol–water partition coefficient (Wildman–Crippen LogP) is 2.89. The summed E-state index contributed by atoms with van der Waals surface area (Å²) in [5.74, 6) is 0.678. The van der Waals surface area contributed by atoms with E-state index in [2.05, 4.69) is 0 Å². The fraction of sp³-hybridized carbons (Fsp3) is 0.444. The van der Waals surface area contributed by atoms with Gasteiger partial charge in [-0.25, -0.2) is 0 Å². The van der Waals surface area contributed by atoms with Crippen molar-refractivity contribution >= 4 is 5.78 Å². The highest BCUT2D eigenvalue weighted by Gasteiger charge is 2.41. The number of nitrogens with zero attached hydrogens (tertiary/aromatic N) is 1. The molecule has 0 spiro atoms. The van der Waals surface area contributed by atoms with Gasteiger partial charge in [0.05, 0.1) is 18.1 Å². The highest BCUT2D eigenvalue weighted by atomic mass is 16.5. The highest BCUT2D eigenvalue weighted by molar-refractivity contribution is 5.96. The van der Waals surface area contributed by atoms with E-state index >= 15 is 0 Å². The molecule has 0 aromatic heterocycles. The number of aryl methyl sites for hydroxylation is 1. The summed E-state index contributed by atoms with van der Waals surface area (Å²) in [6.07, 6.45) is 3.29. The monoisotopic (exact) mass is 313 g/mol. The van der Waals surface area contributed by atoms with Crippen LogP contribution in [0.2, 0.25) is 0 Å². The van der Waals surface area contributed by atoms with Gasteiger partial charge in [0.1, 0.15) is 24.7 Å². The summed E-state index contributed by atoms with van der Waals surface area (Å²) >= 11 is 0. The molecule has 1 saturated carbocycles. The van der Waals surface area contributed by atoms with E-state index in [1.165, 1.54) is 6.26 Å². The van der Waals surface area contributed by atoms with Crippen LogP contribution in [-0.2, 0) is 14.3 Å². The lowest BCUT2D eigenvalue weighted by Gasteiger charge is -2.36. The molecule has 120 valence electrons. The van der Waals surface area contributed by atoms with Crippen LogP contribution in [0.25, 0.3) is 0 Å². The van der Waals surface area contributed by atoms with Gasteiger partial charge in [-0.1, -0.05) is 17.7 Å². The zero-order valence-electron chi connectivity index (χ0n) is 13.0. The molecule has 0 saturated heterocycles. The van der Waals surface area contributed by atoms with Crippen LogP contribution in [0, 0.1) is 24.2 Å². The van der Waals surface area contributed by atoms with Crippen LogP contribution >= 0.6 is 0 Å². The van der Waals surface area contributed by atoms with Crippen molar-refractivity contribution in [2.75, 3.05) is 6.61 Å². The molecular formula is C18H19NO4. The molecule has 3 unspecified atom stereocenters. The van der Waals surface area contributed by atoms with Gasteiger partial charge in [0.25, 0.3) is 0 Å². The minimum absolute atomic E-state index is 0.0134. The van der Waals surface area contributed by atoms with E-state index in [-0.39, 0.29) is 36.3 Å². The minimum atomic E-state index is -0.192. The van der Waals surface area contributed by atoms with Gasteiger partial charge in [0.15, 0.2) is 0 Å². The summed E-state index contributed by atoms with van der Waals surface area (Å²) in [5.41, 5.74) is 1.13. The second-order valence-electron chi connectivity index (χ2n) is 5.95. The summed E-state index contributed by atoms with van der Waals surface area (Å²) in [5, 5.41) is 8.58. The number of ether oxygens (including phenoxy) is 3. The van der Waals surface area contributed by atoms with Gasteiger partial charge < -0.3 is 14.2 Å². The molecule has 2 aliphatic rings. The van der Waals surface area contributed by atoms with Gasteiger partial charge in [-0.2, -0.15) is 5.26 Å². The Kier molecular flexibility index (Phi) is 4.63. The number of nitriles is 1. The number of carbonyl (C=O) groups is 1. The summed E-state index contributed by atoms with van der Waals surface area (Å²) in [6.45, 7) is 2.07. The van der Waals surface area contributed by atoms with Gasteiger partial charge in [-0.05, 0) is 31.9 Å². The van der Waals surface area contributed by atoms with Crippen molar-refractivity contribution in [1.82, 2.24) is 0 Å². The zero-order valence-corrected chi connectivity index (χ0v) is 13.0. The molecular weight excluding hydrogens is 294 g/mol. The number of allylic oxidation sites excluding steroid dienone is 1. The van der Waals surface area contributed by atoms with Crippen LogP contribution in [0.5, 0.6) is 5.75 Å². The van der Waals surface area contributed by atoms with E-state index in [1.807, 2.05) is 37.3 Å². The third-order valence-corrected chi connectivity index (χ3v) is 4.31. The average Bonchev–Trinajstić information content (AvgIpc) is 2.57. The molecule has 1 aliphatic heterocycles. The summed E-state index contributed by atoms with van der Waals surface area (Å²) in [6, 6.07) is 9.51. The van der Waals surface area contributed by atoms with Crippen molar-refractivity contribution in [3.05, 3.63) is 41.9 Å². The number of ketones is 1. The van der Waals surface area contributed by atoms with Crippen molar-refractivity contribution in [3.8, 4) is 11.8 Å². The largest absolute Gasteiger partial charge is 0.493 e. The molecule has 1 fully saturated rings. The Labute approximate surface area is 135 Å². The molecule has 1 aromatic rings. The molecule has 0 bridgehead atoms. The molecule has 3 rings (SSSR count). The first-order valence-corrected chi connectivity index (χ1v) is 7.80. The maximum Gasteiger partial charge on any atom is 0.207 e. The number of benzene rings is 1. The Morgan fingerprint density at radius 3 is 2.83 bits per heavy atom. The maximum absolute atomic E-state index is 12.6. The third kappa shape index (κ3) is 3.54. The summed E-state index contributed by atoms with van der Waals surface area (Å²) in [7, 11) is 0. The summed E-state index contributed by atoms with van der Waals surface area (Å²) in [4.78, 5) is 12.6. The van der Waals surface area contributed by atoms with Crippen LogP contribution in [0.3, 0.4) is 0 Å². The van der Waals surface area contributed by atoms with E-state index in [9.17, 15) is 4.79 Å². The topological polar surface area (TPSA) is 68.6 Å². The van der Waals surface area contributed by atoms with E-state index in [1.54, 1.807) is 0 Å². The number of fused-ring (bicyclic) bond motifs is 1. The van der Waals surface area contributed by atoms with E-state index in [4.69, 9.17) is 19.5 Å². The lowest BCUT2D eigenvalue weighted by molar-refractivity contribution is -0.133. The Bertz CT molecular complexity index is 644. The van der Waals surface area contributed by atoms with Crippen molar-refractivity contribution in [2.24, 2.45) is 5.92 Å². The number of hydrogen-bond donors (Lipinski definition) is 0. The Hall–Kier alpha value is -2.32. The van der Waals surface area contributed by atoms with Gasteiger partial charge in [0.2, 0.25) is 11.5 Å². The number of Topliss-reactive ketones (excluding diaryl/α,β-unsaturated/α-hetero) is 1. The first-order chi connectivity index (χ1) is 11.2. The van der Waals surface area contributed by atoms with E-state index < -0.39 is 0 Å². The van der Waals surface area contributed by atoms with Gasteiger partial charge >= 0.3 is 0 Å². The minimum Gasteiger partial charge on any atom is -0.493 e. The van der Waals surface area contributed by atoms with Crippen molar-refractivity contribution in [3.63, 3.8) is 0 Å². The van der Waals surface area contributed by atoms with Crippen LogP contribution in [0.15, 0.2) is 36.3 Å². The molecule has 1 heterocycles. The highest BCUT2D eigenvalue weighted by Crippen LogP contribution is 2.35. The molecule has 23 heavy (non-hydrogen) atoms. The Morgan fingerprint density at radius 2 is 2.09 bits per heavy atom. The molecule has 0 N–H and O–H groups in total. The molecule has 3 atom stereocenters.